The van der Waals surface area contributed by atoms with Crippen LogP contribution in [0.5, 0.6) is 0 Å². The van der Waals surface area contributed by atoms with E-state index in [1.54, 1.807) is 0 Å². The van der Waals surface area contributed by atoms with Crippen molar-refractivity contribution in [2.24, 2.45) is 10.7 Å². The summed E-state index contributed by atoms with van der Waals surface area (Å²) in [5, 5.41) is 3.20. The van der Waals surface area contributed by atoms with Crippen LogP contribution >= 0.6 is 0 Å². The van der Waals surface area contributed by atoms with E-state index in [0.29, 0.717) is 12.5 Å². The summed E-state index contributed by atoms with van der Waals surface area (Å²) in [5.41, 5.74) is 10.9. The molecule has 5 heteroatoms. The fraction of sp³-hybridized carbons (Fsp3) is 0.381. The van der Waals surface area contributed by atoms with Crippen LogP contribution in [0.4, 0.5) is 5.69 Å². The fourth-order valence-electron chi connectivity index (χ4n) is 3.19. The van der Waals surface area contributed by atoms with E-state index in [0.717, 1.165) is 32.0 Å². The second kappa shape index (κ2) is 8.83. The molecule has 138 valence electrons. The van der Waals surface area contributed by atoms with E-state index in [1.807, 2.05) is 12.1 Å². The summed E-state index contributed by atoms with van der Waals surface area (Å²) >= 11 is 0. The van der Waals surface area contributed by atoms with Gasteiger partial charge in [-0.05, 0) is 42.7 Å². The number of rotatable bonds is 5. The third-order valence-electron chi connectivity index (χ3n) is 4.88. The number of aryl methyl sites for hydroxylation is 2. The molecule has 1 fully saturated rings. The zero-order chi connectivity index (χ0) is 18.4. The van der Waals surface area contributed by atoms with Crippen molar-refractivity contribution < 1.29 is 4.74 Å². The number of anilines is 1. The van der Waals surface area contributed by atoms with E-state index in [1.165, 1.54) is 16.7 Å². The highest BCUT2D eigenvalue weighted by atomic mass is 16.5. The summed E-state index contributed by atoms with van der Waals surface area (Å²) in [5.74, 6) is 0.447. The molecule has 1 saturated heterocycles. The van der Waals surface area contributed by atoms with Crippen molar-refractivity contribution in [3.05, 3.63) is 65.2 Å². The largest absolute Gasteiger partial charge is 0.379 e. The minimum Gasteiger partial charge on any atom is -0.379 e. The number of nitrogens with one attached hydrogen (secondary N) is 1. The molecular formula is C21H28N4O. The number of nitrogens with two attached hydrogens (primary N) is 1. The van der Waals surface area contributed by atoms with Crippen LogP contribution in [-0.2, 0) is 4.74 Å². The van der Waals surface area contributed by atoms with Gasteiger partial charge in [-0.25, -0.2) is 0 Å². The highest BCUT2D eigenvalue weighted by molar-refractivity contribution is 5.92. The topological polar surface area (TPSA) is 62.9 Å². The Hall–Kier alpha value is -2.37. The van der Waals surface area contributed by atoms with Gasteiger partial charge in [0.2, 0.25) is 0 Å². The smallest absolute Gasteiger partial charge is 0.193 e. The monoisotopic (exact) mass is 352 g/mol. The Labute approximate surface area is 155 Å². The van der Waals surface area contributed by atoms with Crippen molar-refractivity contribution in [2.45, 2.75) is 19.9 Å². The van der Waals surface area contributed by atoms with Gasteiger partial charge in [-0.2, -0.15) is 0 Å². The van der Waals surface area contributed by atoms with Crippen LogP contribution in [0.15, 0.2) is 53.5 Å². The average Bonchev–Trinajstić information content (AvgIpc) is 2.67. The van der Waals surface area contributed by atoms with Crippen molar-refractivity contribution in [3.8, 4) is 0 Å². The second-order valence-electron chi connectivity index (χ2n) is 6.72. The van der Waals surface area contributed by atoms with Gasteiger partial charge in [0, 0.05) is 18.8 Å². The van der Waals surface area contributed by atoms with Crippen molar-refractivity contribution in [1.29, 1.82) is 0 Å². The molecule has 3 N–H and O–H groups in total. The minimum absolute atomic E-state index is 0.209. The molecule has 0 aromatic heterocycles. The minimum atomic E-state index is 0.209. The van der Waals surface area contributed by atoms with E-state index in [9.17, 15) is 0 Å². The van der Waals surface area contributed by atoms with Crippen molar-refractivity contribution in [2.75, 3.05) is 38.2 Å². The van der Waals surface area contributed by atoms with Crippen LogP contribution in [0.1, 0.15) is 22.7 Å². The highest BCUT2D eigenvalue weighted by Crippen LogP contribution is 2.22. The number of benzene rings is 2. The van der Waals surface area contributed by atoms with Gasteiger partial charge in [-0.15, -0.1) is 0 Å². The van der Waals surface area contributed by atoms with Crippen molar-refractivity contribution >= 4 is 11.6 Å². The molecular weight excluding hydrogens is 324 g/mol. The molecule has 2 aromatic rings. The lowest BCUT2D eigenvalue weighted by Crippen LogP contribution is -2.40. The summed E-state index contributed by atoms with van der Waals surface area (Å²) in [4.78, 5) is 7.05. The van der Waals surface area contributed by atoms with Crippen LogP contribution in [0, 0.1) is 13.8 Å². The predicted octanol–water partition coefficient (Wildman–Crippen LogP) is 3.10. The molecule has 1 atom stereocenters. The van der Waals surface area contributed by atoms with E-state index < -0.39 is 0 Å². The first-order chi connectivity index (χ1) is 12.6. The van der Waals surface area contributed by atoms with Crippen LogP contribution in [-0.4, -0.2) is 43.7 Å². The standard InChI is InChI=1S/C21H28N4O/c1-16-8-9-19(14-17(16)2)24-21(22)23-15-20(18-6-4-3-5-7-18)25-10-12-26-13-11-25/h3-9,14,20H,10-13,15H2,1-2H3,(H3,22,23,24). The SMILES string of the molecule is Cc1ccc(NC(N)=NCC(c2ccccc2)N2CCOCC2)cc1C. The molecule has 0 aliphatic carbocycles. The van der Waals surface area contributed by atoms with Gasteiger partial charge in [-0.3, -0.25) is 9.89 Å². The summed E-state index contributed by atoms with van der Waals surface area (Å²) in [6.45, 7) is 8.18. The lowest BCUT2D eigenvalue weighted by molar-refractivity contribution is 0.0180. The first kappa shape index (κ1) is 18.4. The Morgan fingerprint density at radius 3 is 2.54 bits per heavy atom. The summed E-state index contributed by atoms with van der Waals surface area (Å²) in [6, 6.07) is 16.9. The Balaban J connectivity index is 1.71. The molecule has 0 saturated carbocycles. The summed E-state index contributed by atoms with van der Waals surface area (Å²) in [7, 11) is 0. The molecule has 5 nitrogen and oxygen atoms in total. The van der Waals surface area contributed by atoms with Crippen molar-refractivity contribution in [3.63, 3.8) is 0 Å². The Morgan fingerprint density at radius 1 is 1.12 bits per heavy atom. The van der Waals surface area contributed by atoms with Crippen LogP contribution < -0.4 is 11.1 Å². The van der Waals surface area contributed by atoms with E-state index >= 15 is 0 Å². The highest BCUT2D eigenvalue weighted by Gasteiger charge is 2.22. The maximum atomic E-state index is 6.15. The number of ether oxygens (including phenoxy) is 1. The maximum Gasteiger partial charge on any atom is 0.193 e. The van der Waals surface area contributed by atoms with Gasteiger partial charge in [0.05, 0.1) is 25.8 Å². The molecule has 0 spiro atoms. The maximum absolute atomic E-state index is 6.15. The molecule has 0 radical (unpaired) electrons. The molecule has 3 rings (SSSR count). The molecule has 0 bridgehead atoms. The zero-order valence-corrected chi connectivity index (χ0v) is 15.6. The zero-order valence-electron chi connectivity index (χ0n) is 15.6. The van der Waals surface area contributed by atoms with Gasteiger partial charge in [0.1, 0.15) is 0 Å². The molecule has 2 aromatic carbocycles. The number of hydrogen-bond acceptors (Lipinski definition) is 3. The van der Waals surface area contributed by atoms with Gasteiger partial charge in [0.25, 0.3) is 0 Å². The Bertz CT molecular complexity index is 739. The predicted molar refractivity (Wildman–Crippen MR) is 108 cm³/mol. The number of hydrogen-bond donors (Lipinski definition) is 2. The number of morpholine rings is 1. The third-order valence-corrected chi connectivity index (χ3v) is 4.88. The first-order valence-electron chi connectivity index (χ1n) is 9.14. The van der Waals surface area contributed by atoms with Gasteiger partial charge < -0.3 is 15.8 Å². The molecule has 26 heavy (non-hydrogen) atoms. The normalized spacial score (nSPS) is 17.1. The Kier molecular flexibility index (Phi) is 6.26. The number of aliphatic imine (C=N–C) groups is 1. The molecule has 1 aliphatic rings. The van der Waals surface area contributed by atoms with E-state index in [4.69, 9.17) is 10.5 Å². The van der Waals surface area contributed by atoms with Crippen LogP contribution in [0.2, 0.25) is 0 Å². The second-order valence-corrected chi connectivity index (χ2v) is 6.72. The molecule has 0 amide bonds. The average molecular weight is 352 g/mol. The van der Waals surface area contributed by atoms with Crippen LogP contribution in [0.25, 0.3) is 0 Å². The third kappa shape index (κ3) is 4.84. The van der Waals surface area contributed by atoms with E-state index in [2.05, 4.69) is 65.5 Å². The van der Waals surface area contributed by atoms with Gasteiger partial charge >= 0.3 is 0 Å². The molecule has 1 aliphatic heterocycles. The van der Waals surface area contributed by atoms with Gasteiger partial charge in [0.15, 0.2) is 5.96 Å². The Morgan fingerprint density at radius 2 is 1.85 bits per heavy atom. The number of guanidine groups is 1. The first-order valence-corrected chi connectivity index (χ1v) is 9.14. The molecule has 1 heterocycles. The molecule has 1 unspecified atom stereocenters. The lowest BCUT2D eigenvalue weighted by Gasteiger charge is -2.34. The lowest BCUT2D eigenvalue weighted by atomic mass is 10.1. The summed E-state index contributed by atoms with van der Waals surface area (Å²) in [6.07, 6.45) is 0. The fourth-order valence-corrected chi connectivity index (χ4v) is 3.19. The summed E-state index contributed by atoms with van der Waals surface area (Å²) < 4.78 is 5.50. The van der Waals surface area contributed by atoms with Crippen LogP contribution in [0.3, 0.4) is 0 Å². The van der Waals surface area contributed by atoms with E-state index in [-0.39, 0.29) is 6.04 Å². The van der Waals surface area contributed by atoms with Crippen molar-refractivity contribution in [1.82, 2.24) is 4.90 Å². The number of nitrogens with zero attached hydrogens (tertiary/aromatic N) is 2. The van der Waals surface area contributed by atoms with Gasteiger partial charge in [-0.1, -0.05) is 36.4 Å². The quantitative estimate of drug-likeness (QED) is 0.641.